The summed E-state index contributed by atoms with van der Waals surface area (Å²) >= 11 is 0. The highest BCUT2D eigenvalue weighted by atomic mass is 16.5. The summed E-state index contributed by atoms with van der Waals surface area (Å²) in [5.41, 5.74) is 3.71. The highest BCUT2D eigenvalue weighted by Crippen LogP contribution is 2.22. The van der Waals surface area contributed by atoms with Gasteiger partial charge in [-0.05, 0) is 61.6 Å². The smallest absolute Gasteiger partial charge is 0.275 e. The number of H-pyrrole nitrogens is 1. The molecule has 5 heteroatoms. The number of hydrogen-bond acceptors (Lipinski definition) is 2. The van der Waals surface area contributed by atoms with Crippen molar-refractivity contribution < 1.29 is 14.4 Å². The number of aromatic amines is 1. The molecule has 0 bridgehead atoms. The number of para-hydroxylation sites is 1. The topological polar surface area (TPSA) is 58.6 Å². The molecular weight excluding hydrogens is 374 g/mol. The van der Waals surface area contributed by atoms with Gasteiger partial charge in [-0.25, -0.2) is 0 Å². The van der Waals surface area contributed by atoms with E-state index in [0.717, 1.165) is 30.7 Å². The standard InChI is InChI=1S/C25H31N3O2/c1-30-21-12-10-19(11-13-21)24-9-3-2-6-16-28(24)18-25(29)26-15-14-20-17-27-23-8-5-4-7-22(20)23/h4-5,7-8,10-13,17,24,27H,2-3,6,9,14-16,18H2,1H3,(H,26,29)/p+1/t24-/m1/s1. The van der Waals surface area contributed by atoms with Crippen LogP contribution in [0.2, 0.25) is 0 Å². The molecule has 1 aliphatic heterocycles. The van der Waals surface area contributed by atoms with Gasteiger partial charge in [0.1, 0.15) is 11.8 Å². The number of fused-ring (bicyclic) bond motifs is 1. The SMILES string of the molecule is COc1ccc([C@H]2CCCCC[NH+]2CC(=O)NCCc2c[nH]c3ccccc23)cc1. The van der Waals surface area contributed by atoms with Crippen molar-refractivity contribution in [2.45, 2.75) is 38.1 Å². The molecule has 1 saturated heterocycles. The summed E-state index contributed by atoms with van der Waals surface area (Å²) in [4.78, 5) is 17.4. The summed E-state index contributed by atoms with van der Waals surface area (Å²) in [6.45, 7) is 2.25. The molecule has 0 radical (unpaired) electrons. The molecule has 0 spiro atoms. The number of nitrogens with one attached hydrogen (secondary N) is 3. The first-order chi connectivity index (χ1) is 14.7. The highest BCUT2D eigenvalue weighted by Gasteiger charge is 2.28. The Kier molecular flexibility index (Phi) is 6.70. The maximum atomic E-state index is 12.7. The van der Waals surface area contributed by atoms with Crippen molar-refractivity contribution in [3.63, 3.8) is 0 Å². The fraction of sp³-hybridized carbons (Fsp3) is 0.400. The van der Waals surface area contributed by atoms with Gasteiger partial charge in [0.2, 0.25) is 0 Å². The molecule has 2 atom stereocenters. The van der Waals surface area contributed by atoms with E-state index in [-0.39, 0.29) is 5.91 Å². The number of carbonyl (C=O) groups is 1. The Morgan fingerprint density at radius 2 is 1.97 bits per heavy atom. The first-order valence-corrected chi connectivity index (χ1v) is 11.0. The molecule has 1 amide bonds. The minimum Gasteiger partial charge on any atom is -0.497 e. The van der Waals surface area contributed by atoms with Crippen LogP contribution < -0.4 is 15.0 Å². The zero-order valence-corrected chi connectivity index (χ0v) is 17.7. The number of ether oxygens (including phenoxy) is 1. The van der Waals surface area contributed by atoms with E-state index in [2.05, 4.69) is 46.8 Å². The van der Waals surface area contributed by atoms with E-state index in [1.807, 2.05) is 18.2 Å². The van der Waals surface area contributed by atoms with Crippen LogP contribution in [-0.2, 0) is 11.2 Å². The maximum absolute atomic E-state index is 12.7. The zero-order valence-electron chi connectivity index (χ0n) is 17.7. The van der Waals surface area contributed by atoms with E-state index in [4.69, 9.17) is 4.74 Å². The molecule has 3 aromatic rings. The Morgan fingerprint density at radius 1 is 1.13 bits per heavy atom. The maximum Gasteiger partial charge on any atom is 0.275 e. The quantitative estimate of drug-likeness (QED) is 0.565. The van der Waals surface area contributed by atoms with Gasteiger partial charge in [0.15, 0.2) is 6.54 Å². The number of amides is 1. The number of hydrogen-bond donors (Lipinski definition) is 3. The summed E-state index contributed by atoms with van der Waals surface area (Å²) in [5.74, 6) is 1.02. The molecule has 30 heavy (non-hydrogen) atoms. The van der Waals surface area contributed by atoms with E-state index in [9.17, 15) is 4.79 Å². The van der Waals surface area contributed by atoms with Gasteiger partial charge in [-0.15, -0.1) is 0 Å². The molecule has 2 heterocycles. The lowest BCUT2D eigenvalue weighted by Crippen LogP contribution is -3.13. The van der Waals surface area contributed by atoms with Crippen LogP contribution in [0.3, 0.4) is 0 Å². The van der Waals surface area contributed by atoms with Crippen LogP contribution >= 0.6 is 0 Å². The second-order valence-corrected chi connectivity index (χ2v) is 8.22. The largest absolute Gasteiger partial charge is 0.497 e. The number of benzene rings is 2. The molecule has 1 aliphatic rings. The minimum absolute atomic E-state index is 0.144. The van der Waals surface area contributed by atoms with E-state index in [1.165, 1.54) is 40.7 Å². The fourth-order valence-corrected chi connectivity index (χ4v) is 4.65. The molecule has 3 N–H and O–H groups in total. The van der Waals surface area contributed by atoms with Crippen LogP contribution in [0.4, 0.5) is 0 Å². The van der Waals surface area contributed by atoms with Crippen molar-refractivity contribution in [1.82, 2.24) is 10.3 Å². The van der Waals surface area contributed by atoms with Crippen molar-refractivity contribution >= 4 is 16.8 Å². The second-order valence-electron chi connectivity index (χ2n) is 8.22. The average molecular weight is 407 g/mol. The van der Waals surface area contributed by atoms with E-state index in [1.54, 1.807) is 7.11 Å². The average Bonchev–Trinajstić information content (AvgIpc) is 3.04. The molecule has 1 unspecified atom stereocenters. The lowest BCUT2D eigenvalue weighted by atomic mass is 10.0. The van der Waals surface area contributed by atoms with Crippen molar-refractivity contribution in [2.75, 3.05) is 26.7 Å². The van der Waals surface area contributed by atoms with E-state index < -0.39 is 0 Å². The molecule has 0 saturated carbocycles. The summed E-state index contributed by atoms with van der Waals surface area (Å²) < 4.78 is 5.30. The van der Waals surface area contributed by atoms with Crippen molar-refractivity contribution in [2.24, 2.45) is 0 Å². The predicted molar refractivity (Wildman–Crippen MR) is 120 cm³/mol. The molecule has 4 rings (SSSR count). The Hall–Kier alpha value is -2.79. The third-order valence-corrected chi connectivity index (χ3v) is 6.28. The Balaban J connectivity index is 1.35. The lowest BCUT2D eigenvalue weighted by Gasteiger charge is -2.27. The molecule has 158 valence electrons. The van der Waals surface area contributed by atoms with Crippen LogP contribution in [0.25, 0.3) is 10.9 Å². The van der Waals surface area contributed by atoms with E-state index in [0.29, 0.717) is 19.1 Å². The third kappa shape index (κ3) is 4.85. The minimum atomic E-state index is 0.144. The number of methoxy groups -OCH3 is 1. The van der Waals surface area contributed by atoms with Crippen molar-refractivity contribution in [3.8, 4) is 5.75 Å². The van der Waals surface area contributed by atoms with Gasteiger partial charge in [0, 0.05) is 35.6 Å². The Morgan fingerprint density at radius 3 is 2.80 bits per heavy atom. The number of rotatable bonds is 7. The fourth-order valence-electron chi connectivity index (χ4n) is 4.65. The molecule has 0 aliphatic carbocycles. The van der Waals surface area contributed by atoms with Crippen LogP contribution in [0.15, 0.2) is 54.7 Å². The second kappa shape index (κ2) is 9.81. The van der Waals surface area contributed by atoms with Crippen LogP contribution in [0.1, 0.15) is 42.9 Å². The Labute approximate surface area is 178 Å². The first-order valence-electron chi connectivity index (χ1n) is 11.0. The number of likely N-dealkylation sites (tertiary alicyclic amines) is 1. The first kappa shape index (κ1) is 20.5. The molecule has 1 aromatic heterocycles. The molecule has 5 nitrogen and oxygen atoms in total. The van der Waals surface area contributed by atoms with Crippen LogP contribution in [0.5, 0.6) is 5.75 Å². The highest BCUT2D eigenvalue weighted by molar-refractivity contribution is 5.83. The van der Waals surface area contributed by atoms with Gasteiger partial charge in [-0.2, -0.15) is 0 Å². The van der Waals surface area contributed by atoms with Crippen LogP contribution in [-0.4, -0.2) is 37.6 Å². The molecule has 1 fully saturated rings. The van der Waals surface area contributed by atoms with Crippen molar-refractivity contribution in [1.29, 1.82) is 0 Å². The molecular formula is C25H32N3O2+. The van der Waals surface area contributed by atoms with Gasteiger partial charge >= 0.3 is 0 Å². The number of aromatic nitrogens is 1. The monoisotopic (exact) mass is 406 g/mol. The van der Waals surface area contributed by atoms with Gasteiger partial charge in [0.25, 0.3) is 5.91 Å². The van der Waals surface area contributed by atoms with E-state index >= 15 is 0 Å². The summed E-state index contributed by atoms with van der Waals surface area (Å²) in [6.07, 6.45) is 7.68. The summed E-state index contributed by atoms with van der Waals surface area (Å²) in [6, 6.07) is 17.0. The normalized spacial score (nSPS) is 19.4. The zero-order chi connectivity index (χ0) is 20.8. The summed E-state index contributed by atoms with van der Waals surface area (Å²) in [5, 5.41) is 4.39. The number of quaternary nitrogens is 1. The Bertz CT molecular complexity index is 964. The lowest BCUT2D eigenvalue weighted by molar-refractivity contribution is -0.923. The summed E-state index contributed by atoms with van der Waals surface area (Å²) in [7, 11) is 1.69. The molecule has 2 aromatic carbocycles. The van der Waals surface area contributed by atoms with Crippen molar-refractivity contribution in [3.05, 3.63) is 65.9 Å². The van der Waals surface area contributed by atoms with Crippen LogP contribution in [0, 0.1) is 0 Å². The third-order valence-electron chi connectivity index (χ3n) is 6.28. The number of carbonyl (C=O) groups excluding carboxylic acids is 1. The van der Waals surface area contributed by atoms with Gasteiger partial charge in [-0.1, -0.05) is 18.2 Å². The van der Waals surface area contributed by atoms with Gasteiger partial charge < -0.3 is 19.9 Å². The van der Waals surface area contributed by atoms with Gasteiger partial charge in [0.05, 0.1) is 13.7 Å². The van der Waals surface area contributed by atoms with Gasteiger partial charge in [-0.3, -0.25) is 4.79 Å². The predicted octanol–water partition coefficient (Wildman–Crippen LogP) is 3.04.